The number of hydrogen-bond donors (Lipinski definition) is 1. The molecule has 112 valence electrons. The highest BCUT2D eigenvalue weighted by molar-refractivity contribution is 5.74. The average molecular weight is 280 g/mol. The Kier molecular flexibility index (Phi) is 7.55. The van der Waals surface area contributed by atoms with E-state index in [1.54, 1.807) is 25.1 Å². The molecule has 0 aliphatic rings. The van der Waals surface area contributed by atoms with Crippen molar-refractivity contribution < 1.29 is 19.4 Å². The molecule has 1 rings (SSSR count). The Morgan fingerprint density at radius 3 is 2.70 bits per heavy atom. The first-order valence-electron chi connectivity index (χ1n) is 7.25. The van der Waals surface area contributed by atoms with Crippen molar-refractivity contribution in [2.45, 2.75) is 52.1 Å². The molecule has 0 saturated carbocycles. The van der Waals surface area contributed by atoms with Crippen LogP contribution in [0.4, 0.5) is 0 Å². The molecule has 0 bridgehead atoms. The van der Waals surface area contributed by atoms with E-state index in [4.69, 9.17) is 9.47 Å². The zero-order valence-corrected chi connectivity index (χ0v) is 12.3. The summed E-state index contributed by atoms with van der Waals surface area (Å²) < 4.78 is 10.6. The monoisotopic (exact) mass is 280 g/mol. The van der Waals surface area contributed by atoms with Crippen LogP contribution in [0.2, 0.25) is 0 Å². The summed E-state index contributed by atoms with van der Waals surface area (Å²) in [4.78, 5) is 11.7. The third-order valence-electron chi connectivity index (χ3n) is 2.95. The second kappa shape index (κ2) is 9.23. The zero-order valence-electron chi connectivity index (χ0n) is 12.3. The van der Waals surface area contributed by atoms with E-state index in [0.717, 1.165) is 12.8 Å². The largest absolute Gasteiger partial charge is 0.508 e. The predicted molar refractivity (Wildman–Crippen MR) is 77.9 cm³/mol. The van der Waals surface area contributed by atoms with Crippen LogP contribution in [0.25, 0.3) is 0 Å². The summed E-state index contributed by atoms with van der Waals surface area (Å²) in [6.07, 6.45) is 4.92. The van der Waals surface area contributed by atoms with Crippen LogP contribution in [0.3, 0.4) is 0 Å². The average Bonchev–Trinajstić information content (AvgIpc) is 2.42. The number of ether oxygens (including phenoxy) is 2. The van der Waals surface area contributed by atoms with Gasteiger partial charge in [-0.1, -0.05) is 38.7 Å². The van der Waals surface area contributed by atoms with Crippen molar-refractivity contribution >= 4 is 5.97 Å². The first-order valence-corrected chi connectivity index (χ1v) is 7.25. The lowest BCUT2D eigenvalue weighted by Gasteiger charge is -2.14. The Labute approximate surface area is 120 Å². The normalized spacial score (nSPS) is 11.9. The molecule has 0 aliphatic heterocycles. The molecule has 0 aliphatic carbocycles. The molecule has 4 heteroatoms. The maximum atomic E-state index is 11.7. The zero-order chi connectivity index (χ0) is 14.8. The van der Waals surface area contributed by atoms with Crippen LogP contribution in [0.15, 0.2) is 24.3 Å². The predicted octanol–water partition coefficient (Wildman–Crippen LogP) is 3.67. The van der Waals surface area contributed by atoms with Crippen LogP contribution < -0.4 is 4.74 Å². The number of unbranched alkanes of at least 4 members (excludes halogenated alkanes) is 4. The van der Waals surface area contributed by atoms with E-state index in [-0.39, 0.29) is 11.7 Å². The molecule has 1 unspecified atom stereocenters. The minimum Gasteiger partial charge on any atom is -0.508 e. The van der Waals surface area contributed by atoms with Gasteiger partial charge in [0.05, 0.1) is 6.61 Å². The van der Waals surface area contributed by atoms with E-state index in [2.05, 4.69) is 6.92 Å². The van der Waals surface area contributed by atoms with Gasteiger partial charge < -0.3 is 14.6 Å². The Morgan fingerprint density at radius 1 is 1.25 bits per heavy atom. The number of aromatic hydroxyl groups is 1. The topological polar surface area (TPSA) is 55.8 Å². The number of rotatable bonds is 9. The second-order valence-electron chi connectivity index (χ2n) is 4.84. The summed E-state index contributed by atoms with van der Waals surface area (Å²) in [5.74, 6) is 0.195. The lowest BCUT2D eigenvalue weighted by Crippen LogP contribution is -2.26. The minimum absolute atomic E-state index is 0.110. The van der Waals surface area contributed by atoms with Gasteiger partial charge in [-0.3, -0.25) is 0 Å². The molecule has 0 aromatic heterocycles. The van der Waals surface area contributed by atoms with Crippen molar-refractivity contribution in [1.29, 1.82) is 0 Å². The van der Waals surface area contributed by atoms with Gasteiger partial charge in [-0.2, -0.15) is 0 Å². The Morgan fingerprint density at radius 2 is 2.00 bits per heavy atom. The van der Waals surface area contributed by atoms with Gasteiger partial charge in [0, 0.05) is 6.07 Å². The van der Waals surface area contributed by atoms with Crippen molar-refractivity contribution in [3.05, 3.63) is 24.3 Å². The quantitative estimate of drug-likeness (QED) is 0.554. The van der Waals surface area contributed by atoms with E-state index < -0.39 is 6.10 Å². The fraction of sp³-hybridized carbons (Fsp3) is 0.562. The molecule has 0 heterocycles. The van der Waals surface area contributed by atoms with Gasteiger partial charge in [0.25, 0.3) is 0 Å². The summed E-state index contributed by atoms with van der Waals surface area (Å²) >= 11 is 0. The van der Waals surface area contributed by atoms with E-state index in [9.17, 15) is 9.90 Å². The van der Waals surface area contributed by atoms with E-state index in [1.807, 2.05) is 0 Å². The molecule has 20 heavy (non-hydrogen) atoms. The number of benzene rings is 1. The van der Waals surface area contributed by atoms with E-state index >= 15 is 0 Å². The van der Waals surface area contributed by atoms with Crippen molar-refractivity contribution in [3.8, 4) is 11.5 Å². The van der Waals surface area contributed by atoms with Crippen LogP contribution in [0, 0.1) is 0 Å². The highest BCUT2D eigenvalue weighted by atomic mass is 16.6. The van der Waals surface area contributed by atoms with Gasteiger partial charge in [0.2, 0.25) is 0 Å². The molecule has 0 radical (unpaired) electrons. The van der Waals surface area contributed by atoms with Crippen molar-refractivity contribution in [1.82, 2.24) is 0 Å². The third-order valence-corrected chi connectivity index (χ3v) is 2.95. The number of hydrogen-bond acceptors (Lipinski definition) is 4. The highest BCUT2D eigenvalue weighted by Gasteiger charge is 2.16. The molecule has 4 nitrogen and oxygen atoms in total. The summed E-state index contributed by atoms with van der Waals surface area (Å²) in [7, 11) is 0. The fourth-order valence-electron chi connectivity index (χ4n) is 1.80. The van der Waals surface area contributed by atoms with Crippen LogP contribution in [0.1, 0.15) is 46.0 Å². The summed E-state index contributed by atoms with van der Waals surface area (Å²) in [6, 6.07) is 6.37. The first-order chi connectivity index (χ1) is 9.63. The Hall–Kier alpha value is -1.71. The standard InChI is InChI=1S/C16H24O4/c1-3-4-5-6-7-11-19-16(18)13(2)20-15-10-8-9-14(17)12-15/h8-10,12-13,17H,3-7,11H2,1-2H3. The molecule has 1 atom stereocenters. The molecular formula is C16H24O4. The maximum Gasteiger partial charge on any atom is 0.347 e. The summed E-state index contributed by atoms with van der Waals surface area (Å²) in [6.45, 7) is 4.25. The number of esters is 1. The minimum atomic E-state index is -0.674. The Bertz CT molecular complexity index is 403. The molecule has 1 aromatic rings. The fourth-order valence-corrected chi connectivity index (χ4v) is 1.80. The van der Waals surface area contributed by atoms with Crippen molar-refractivity contribution in [2.24, 2.45) is 0 Å². The molecule has 0 fully saturated rings. The first kappa shape index (κ1) is 16.3. The van der Waals surface area contributed by atoms with Crippen LogP contribution in [-0.4, -0.2) is 23.8 Å². The number of phenols is 1. The molecule has 1 aromatic carbocycles. The van der Waals surface area contributed by atoms with Crippen LogP contribution in [0.5, 0.6) is 11.5 Å². The Balaban J connectivity index is 2.22. The van der Waals surface area contributed by atoms with Crippen molar-refractivity contribution in [3.63, 3.8) is 0 Å². The lowest BCUT2D eigenvalue weighted by atomic mass is 10.2. The molecule has 1 N–H and O–H groups in total. The maximum absolute atomic E-state index is 11.7. The number of carbonyl (C=O) groups excluding carboxylic acids is 1. The second-order valence-corrected chi connectivity index (χ2v) is 4.84. The molecule has 0 amide bonds. The van der Waals surface area contributed by atoms with Gasteiger partial charge in [-0.15, -0.1) is 0 Å². The summed E-state index contributed by atoms with van der Waals surface area (Å²) in [5.41, 5.74) is 0. The van der Waals surface area contributed by atoms with E-state index in [1.165, 1.54) is 25.3 Å². The number of phenolic OH excluding ortho intramolecular Hbond substituents is 1. The molecular weight excluding hydrogens is 256 g/mol. The SMILES string of the molecule is CCCCCCCOC(=O)C(C)Oc1cccc(O)c1. The molecule has 0 spiro atoms. The third kappa shape index (κ3) is 6.45. The van der Waals surface area contributed by atoms with Gasteiger partial charge in [0.1, 0.15) is 11.5 Å². The highest BCUT2D eigenvalue weighted by Crippen LogP contribution is 2.19. The van der Waals surface area contributed by atoms with Crippen molar-refractivity contribution in [2.75, 3.05) is 6.61 Å². The number of carbonyl (C=O) groups is 1. The smallest absolute Gasteiger partial charge is 0.347 e. The van der Waals surface area contributed by atoms with E-state index in [0.29, 0.717) is 12.4 Å². The molecule has 0 saturated heterocycles. The van der Waals surface area contributed by atoms with Gasteiger partial charge in [0.15, 0.2) is 6.10 Å². The van der Waals surface area contributed by atoms with Gasteiger partial charge in [-0.25, -0.2) is 4.79 Å². The van der Waals surface area contributed by atoms with Crippen LogP contribution in [-0.2, 0) is 9.53 Å². The summed E-state index contributed by atoms with van der Waals surface area (Å²) in [5, 5.41) is 9.31. The lowest BCUT2D eigenvalue weighted by molar-refractivity contribution is -0.151. The van der Waals surface area contributed by atoms with Gasteiger partial charge in [-0.05, 0) is 25.5 Å². The van der Waals surface area contributed by atoms with Gasteiger partial charge >= 0.3 is 5.97 Å². The van der Waals surface area contributed by atoms with Crippen LogP contribution >= 0.6 is 0 Å².